The molecule has 3 heteroatoms. The van der Waals surface area contributed by atoms with Gasteiger partial charge in [-0.2, -0.15) is 0 Å². The predicted octanol–water partition coefficient (Wildman–Crippen LogP) is 3.03. The Morgan fingerprint density at radius 2 is 2.25 bits per heavy atom. The fraction of sp³-hybridized carbons (Fsp3) is 0.692. The highest BCUT2D eigenvalue weighted by Gasteiger charge is 2.18. The Kier molecular flexibility index (Phi) is 3.75. The number of nitrogens with one attached hydrogen (secondary N) is 1. The summed E-state index contributed by atoms with van der Waals surface area (Å²) in [7, 11) is 0. The number of aryl methyl sites for hydroxylation is 1. The lowest BCUT2D eigenvalue weighted by atomic mass is 9.87. The molecule has 3 nitrogen and oxygen atoms in total. The largest absolute Gasteiger partial charge is 0.367 e. The summed E-state index contributed by atoms with van der Waals surface area (Å²) < 4.78 is 0. The molecule has 1 fully saturated rings. The summed E-state index contributed by atoms with van der Waals surface area (Å²) in [6, 6.07) is 2.67. The highest BCUT2D eigenvalue weighted by atomic mass is 15.0. The van der Waals surface area contributed by atoms with Crippen LogP contribution in [0.3, 0.4) is 0 Å². The van der Waals surface area contributed by atoms with E-state index in [1.165, 1.54) is 25.7 Å². The second-order valence-corrected chi connectivity index (χ2v) is 4.86. The van der Waals surface area contributed by atoms with Gasteiger partial charge >= 0.3 is 0 Å². The highest BCUT2D eigenvalue weighted by molar-refractivity contribution is 5.36. The first kappa shape index (κ1) is 11.4. The van der Waals surface area contributed by atoms with Crippen LogP contribution in [0.4, 0.5) is 5.82 Å². The third-order valence-electron chi connectivity index (χ3n) is 3.37. The van der Waals surface area contributed by atoms with Crippen molar-refractivity contribution in [3.05, 3.63) is 18.1 Å². The van der Waals surface area contributed by atoms with E-state index in [-0.39, 0.29) is 0 Å². The molecule has 0 spiro atoms. The third-order valence-corrected chi connectivity index (χ3v) is 3.37. The summed E-state index contributed by atoms with van der Waals surface area (Å²) in [5.74, 6) is 1.84. The molecule has 2 rings (SSSR count). The first-order valence-corrected chi connectivity index (χ1v) is 6.35. The van der Waals surface area contributed by atoms with Crippen LogP contribution in [0.5, 0.6) is 0 Å². The van der Waals surface area contributed by atoms with E-state index in [4.69, 9.17) is 0 Å². The van der Waals surface area contributed by atoms with E-state index in [2.05, 4.69) is 35.2 Å². The lowest BCUT2D eigenvalue weighted by Gasteiger charge is -2.27. The molecule has 16 heavy (non-hydrogen) atoms. The SMILES string of the molecule is CCc1cc(NC2CCCC(C)C2)ncn1. The smallest absolute Gasteiger partial charge is 0.129 e. The van der Waals surface area contributed by atoms with Crippen LogP contribution < -0.4 is 5.32 Å². The van der Waals surface area contributed by atoms with E-state index >= 15 is 0 Å². The number of hydrogen-bond donors (Lipinski definition) is 1. The van der Waals surface area contributed by atoms with E-state index in [9.17, 15) is 0 Å². The van der Waals surface area contributed by atoms with E-state index in [0.29, 0.717) is 6.04 Å². The summed E-state index contributed by atoms with van der Waals surface area (Å²) in [4.78, 5) is 8.50. The average Bonchev–Trinajstić information content (AvgIpc) is 2.29. The van der Waals surface area contributed by atoms with E-state index < -0.39 is 0 Å². The van der Waals surface area contributed by atoms with Gasteiger partial charge in [0.05, 0.1) is 0 Å². The van der Waals surface area contributed by atoms with Crippen LogP contribution in [0, 0.1) is 5.92 Å². The van der Waals surface area contributed by atoms with Crippen LogP contribution in [-0.2, 0) is 6.42 Å². The van der Waals surface area contributed by atoms with Crippen molar-refractivity contribution in [2.75, 3.05) is 5.32 Å². The van der Waals surface area contributed by atoms with Gasteiger partial charge in [-0.05, 0) is 25.2 Å². The molecule has 0 radical (unpaired) electrons. The molecule has 88 valence electrons. The van der Waals surface area contributed by atoms with Crippen LogP contribution in [-0.4, -0.2) is 16.0 Å². The van der Waals surface area contributed by atoms with Crippen molar-refractivity contribution in [2.24, 2.45) is 5.92 Å². The van der Waals surface area contributed by atoms with Gasteiger partial charge in [-0.1, -0.05) is 26.7 Å². The number of anilines is 1. The summed E-state index contributed by atoms with van der Waals surface area (Å²) in [6.45, 7) is 4.46. The van der Waals surface area contributed by atoms with Gasteiger partial charge in [-0.3, -0.25) is 0 Å². The molecule has 0 aliphatic heterocycles. The highest BCUT2D eigenvalue weighted by Crippen LogP contribution is 2.25. The lowest BCUT2D eigenvalue weighted by Crippen LogP contribution is -2.26. The molecule has 1 N–H and O–H groups in total. The number of hydrogen-bond acceptors (Lipinski definition) is 3. The second-order valence-electron chi connectivity index (χ2n) is 4.86. The minimum absolute atomic E-state index is 0.600. The van der Waals surface area contributed by atoms with Crippen molar-refractivity contribution in [1.29, 1.82) is 0 Å². The fourth-order valence-electron chi connectivity index (χ4n) is 2.44. The Labute approximate surface area is 97.7 Å². The summed E-state index contributed by atoms with van der Waals surface area (Å²) >= 11 is 0. The van der Waals surface area contributed by atoms with Crippen molar-refractivity contribution in [1.82, 2.24) is 9.97 Å². The molecule has 0 bridgehead atoms. The first-order valence-electron chi connectivity index (χ1n) is 6.35. The standard InChI is InChI=1S/C13H21N3/c1-3-11-8-13(15-9-14-11)16-12-6-4-5-10(2)7-12/h8-10,12H,3-7H2,1-2H3,(H,14,15,16). The Morgan fingerprint density at radius 1 is 1.38 bits per heavy atom. The predicted molar refractivity (Wildman–Crippen MR) is 66.5 cm³/mol. The van der Waals surface area contributed by atoms with E-state index in [1.807, 2.05) is 0 Å². The van der Waals surface area contributed by atoms with Crippen LogP contribution in [0.15, 0.2) is 12.4 Å². The van der Waals surface area contributed by atoms with Gasteiger partial charge in [0, 0.05) is 17.8 Å². The van der Waals surface area contributed by atoms with Crippen LogP contribution in [0.1, 0.15) is 45.2 Å². The molecule has 2 atom stereocenters. The van der Waals surface area contributed by atoms with Crippen molar-refractivity contribution in [2.45, 2.75) is 52.0 Å². The number of rotatable bonds is 3. The Bertz CT molecular complexity index is 338. The maximum absolute atomic E-state index is 4.28. The average molecular weight is 219 g/mol. The second kappa shape index (κ2) is 5.28. The Hall–Kier alpha value is -1.12. The zero-order valence-electron chi connectivity index (χ0n) is 10.2. The molecule has 1 heterocycles. The Morgan fingerprint density at radius 3 is 3.00 bits per heavy atom. The molecular weight excluding hydrogens is 198 g/mol. The minimum atomic E-state index is 0.600. The molecule has 1 saturated carbocycles. The molecule has 0 aromatic carbocycles. The molecule has 1 aliphatic rings. The van der Waals surface area contributed by atoms with Gasteiger partial charge in [0.1, 0.15) is 12.1 Å². The lowest BCUT2D eigenvalue weighted by molar-refractivity contribution is 0.358. The van der Waals surface area contributed by atoms with Gasteiger partial charge in [0.2, 0.25) is 0 Å². The quantitative estimate of drug-likeness (QED) is 0.849. The first-order chi connectivity index (χ1) is 7.78. The number of aromatic nitrogens is 2. The normalized spacial score (nSPS) is 25.4. The molecular formula is C13H21N3. The van der Waals surface area contributed by atoms with Gasteiger partial charge < -0.3 is 5.32 Å². The zero-order valence-corrected chi connectivity index (χ0v) is 10.2. The van der Waals surface area contributed by atoms with Crippen molar-refractivity contribution >= 4 is 5.82 Å². The summed E-state index contributed by atoms with van der Waals surface area (Å²) in [5, 5.41) is 3.53. The topological polar surface area (TPSA) is 37.8 Å². The molecule has 0 amide bonds. The van der Waals surface area contributed by atoms with Crippen LogP contribution in [0.2, 0.25) is 0 Å². The summed E-state index contributed by atoms with van der Waals surface area (Å²) in [6.07, 6.45) is 7.89. The zero-order chi connectivity index (χ0) is 11.4. The van der Waals surface area contributed by atoms with Gasteiger partial charge in [-0.15, -0.1) is 0 Å². The van der Waals surface area contributed by atoms with Gasteiger partial charge in [-0.25, -0.2) is 9.97 Å². The van der Waals surface area contributed by atoms with E-state index in [1.54, 1.807) is 6.33 Å². The van der Waals surface area contributed by atoms with Gasteiger partial charge in [0.15, 0.2) is 0 Å². The third kappa shape index (κ3) is 2.94. The molecule has 0 saturated heterocycles. The fourth-order valence-corrected chi connectivity index (χ4v) is 2.44. The Balaban J connectivity index is 1.97. The summed E-state index contributed by atoms with van der Waals surface area (Å²) in [5.41, 5.74) is 1.11. The minimum Gasteiger partial charge on any atom is -0.367 e. The van der Waals surface area contributed by atoms with Crippen molar-refractivity contribution < 1.29 is 0 Å². The van der Waals surface area contributed by atoms with Crippen LogP contribution in [0.25, 0.3) is 0 Å². The monoisotopic (exact) mass is 219 g/mol. The van der Waals surface area contributed by atoms with Gasteiger partial charge in [0.25, 0.3) is 0 Å². The maximum Gasteiger partial charge on any atom is 0.129 e. The molecule has 1 aromatic rings. The maximum atomic E-state index is 4.28. The van der Waals surface area contributed by atoms with Crippen molar-refractivity contribution in [3.63, 3.8) is 0 Å². The van der Waals surface area contributed by atoms with Crippen molar-refractivity contribution in [3.8, 4) is 0 Å². The van der Waals surface area contributed by atoms with E-state index in [0.717, 1.165) is 23.9 Å². The molecule has 1 aliphatic carbocycles. The molecule has 2 unspecified atom stereocenters. The number of nitrogens with zero attached hydrogens (tertiary/aromatic N) is 2. The molecule has 1 aromatic heterocycles. The van der Waals surface area contributed by atoms with Crippen LogP contribution >= 0.6 is 0 Å².